The number of ether oxygens (including phenoxy) is 1. The zero-order chi connectivity index (χ0) is 16.8. The number of alkyl carbamates (subject to hydrolysis) is 1. The van der Waals surface area contributed by atoms with Crippen molar-refractivity contribution in [3.8, 4) is 0 Å². The summed E-state index contributed by atoms with van der Waals surface area (Å²) in [6.45, 7) is 9.21. The van der Waals surface area contributed by atoms with E-state index in [1.807, 2.05) is 6.07 Å². The number of carbonyl (C=O) groups is 1. The molecule has 0 aliphatic heterocycles. The largest absolute Gasteiger partial charge is 0.444 e. The Balaban J connectivity index is 2.46. The number of rotatable bonds is 6. The van der Waals surface area contributed by atoms with E-state index in [1.165, 1.54) is 0 Å². The molecule has 0 radical (unpaired) electrons. The Hall–Kier alpha value is -1.85. The summed E-state index contributed by atoms with van der Waals surface area (Å²) < 4.78 is 5.09. The second-order valence-electron chi connectivity index (χ2n) is 6.10. The molecule has 5 heteroatoms. The van der Waals surface area contributed by atoms with Gasteiger partial charge in [-0.1, -0.05) is 30.9 Å². The Morgan fingerprint density at radius 3 is 2.68 bits per heavy atom. The van der Waals surface area contributed by atoms with E-state index >= 15 is 0 Å². The minimum atomic E-state index is -1.01. The number of aliphatic hydroxyl groups excluding tert-OH is 2. The molecule has 1 amide bonds. The zero-order valence-corrected chi connectivity index (χ0v) is 13.4. The zero-order valence-electron chi connectivity index (χ0n) is 13.4. The lowest BCUT2D eigenvalue weighted by molar-refractivity contribution is 0.0123. The maximum absolute atomic E-state index is 11.5. The predicted octanol–water partition coefficient (Wildman–Crippen LogP) is 2.64. The third-order valence-corrected chi connectivity index (χ3v) is 2.96. The molecule has 0 aliphatic rings. The summed E-state index contributed by atoms with van der Waals surface area (Å²) in [7, 11) is 0. The van der Waals surface area contributed by atoms with Gasteiger partial charge in [0.05, 0.1) is 6.10 Å². The van der Waals surface area contributed by atoms with Crippen molar-refractivity contribution in [2.45, 2.75) is 45.0 Å². The number of hydrogen-bond acceptors (Lipinski definition) is 4. The summed E-state index contributed by atoms with van der Waals surface area (Å²) in [5.41, 5.74) is 0.922. The maximum atomic E-state index is 11.5. The molecule has 0 aliphatic carbocycles. The lowest BCUT2D eigenvalue weighted by Crippen LogP contribution is -2.34. The van der Waals surface area contributed by atoms with Gasteiger partial charge >= 0.3 is 6.09 Å². The summed E-state index contributed by atoms with van der Waals surface area (Å²) in [4.78, 5) is 11.5. The van der Waals surface area contributed by atoms with E-state index in [2.05, 4.69) is 11.9 Å². The van der Waals surface area contributed by atoms with Gasteiger partial charge in [-0.3, -0.25) is 0 Å². The highest BCUT2D eigenvalue weighted by Crippen LogP contribution is 2.20. The fourth-order valence-electron chi connectivity index (χ4n) is 1.89. The third kappa shape index (κ3) is 6.28. The molecular formula is C17H25NO4. The Labute approximate surface area is 131 Å². The Kier molecular flexibility index (Phi) is 6.59. The summed E-state index contributed by atoms with van der Waals surface area (Å²) in [5.74, 6) is 0. The molecule has 0 saturated heterocycles. The van der Waals surface area contributed by atoms with Gasteiger partial charge in [0.2, 0.25) is 0 Å². The molecule has 0 bridgehead atoms. The summed E-state index contributed by atoms with van der Waals surface area (Å²) >= 11 is 0. The van der Waals surface area contributed by atoms with Gasteiger partial charge in [0, 0.05) is 6.54 Å². The van der Waals surface area contributed by atoms with Gasteiger partial charge in [0.1, 0.15) is 11.7 Å². The van der Waals surface area contributed by atoms with Crippen LogP contribution in [0.2, 0.25) is 0 Å². The minimum absolute atomic E-state index is 0.217. The van der Waals surface area contributed by atoms with E-state index < -0.39 is 23.9 Å². The lowest BCUT2D eigenvalue weighted by Gasteiger charge is -2.21. The monoisotopic (exact) mass is 307 g/mol. The first-order valence-corrected chi connectivity index (χ1v) is 7.28. The van der Waals surface area contributed by atoms with Crippen LogP contribution in [0.1, 0.15) is 44.4 Å². The molecule has 3 N–H and O–H groups in total. The molecule has 0 aromatic heterocycles. The smallest absolute Gasteiger partial charge is 0.407 e. The molecule has 1 aromatic carbocycles. The Morgan fingerprint density at radius 2 is 2.09 bits per heavy atom. The second kappa shape index (κ2) is 7.96. The number of aliphatic hydroxyl groups is 2. The van der Waals surface area contributed by atoms with E-state index in [0.29, 0.717) is 5.56 Å². The topological polar surface area (TPSA) is 78.8 Å². The molecule has 0 spiro atoms. The van der Waals surface area contributed by atoms with E-state index in [9.17, 15) is 15.0 Å². The van der Waals surface area contributed by atoms with Gasteiger partial charge < -0.3 is 20.3 Å². The van der Waals surface area contributed by atoms with Gasteiger partial charge in [-0.2, -0.15) is 0 Å². The molecule has 122 valence electrons. The predicted molar refractivity (Wildman–Crippen MR) is 86.4 cm³/mol. The van der Waals surface area contributed by atoms with Crippen LogP contribution in [0, 0.1) is 0 Å². The van der Waals surface area contributed by atoms with E-state index in [1.54, 1.807) is 45.0 Å². The molecule has 0 fully saturated rings. The number of carbonyl (C=O) groups excluding carboxylic acids is 1. The van der Waals surface area contributed by atoms with Crippen molar-refractivity contribution in [2.24, 2.45) is 0 Å². The normalized spacial score (nSPS) is 14.0. The Bertz CT molecular complexity index is 508. The van der Waals surface area contributed by atoms with Crippen molar-refractivity contribution in [3.63, 3.8) is 0 Å². The van der Waals surface area contributed by atoms with Crippen LogP contribution in [-0.2, 0) is 4.74 Å². The summed E-state index contributed by atoms with van der Waals surface area (Å²) in [5, 5.41) is 22.7. The SMILES string of the molecule is C=Cc1cccc(C(O)C(O)CCNC(=O)OC(C)(C)C)c1. The first kappa shape index (κ1) is 18.2. The van der Waals surface area contributed by atoms with Crippen molar-refractivity contribution in [1.29, 1.82) is 0 Å². The van der Waals surface area contributed by atoms with Crippen molar-refractivity contribution >= 4 is 12.2 Å². The maximum Gasteiger partial charge on any atom is 0.407 e. The molecule has 0 heterocycles. The number of hydrogen-bond donors (Lipinski definition) is 3. The van der Waals surface area contributed by atoms with Crippen LogP contribution in [0.25, 0.3) is 6.08 Å². The molecule has 22 heavy (non-hydrogen) atoms. The summed E-state index contributed by atoms with van der Waals surface area (Å²) in [6.07, 6.45) is -0.635. The minimum Gasteiger partial charge on any atom is -0.444 e. The molecular weight excluding hydrogens is 282 g/mol. The first-order valence-electron chi connectivity index (χ1n) is 7.28. The van der Waals surface area contributed by atoms with Crippen molar-refractivity contribution in [2.75, 3.05) is 6.54 Å². The van der Waals surface area contributed by atoms with Gasteiger partial charge in [-0.15, -0.1) is 0 Å². The molecule has 0 saturated carbocycles. The fraction of sp³-hybridized carbons (Fsp3) is 0.471. The molecule has 2 atom stereocenters. The van der Waals surface area contributed by atoms with E-state index in [4.69, 9.17) is 4.74 Å². The first-order chi connectivity index (χ1) is 10.2. The van der Waals surface area contributed by atoms with Crippen LogP contribution >= 0.6 is 0 Å². The average molecular weight is 307 g/mol. The Morgan fingerprint density at radius 1 is 1.41 bits per heavy atom. The van der Waals surface area contributed by atoms with Crippen LogP contribution in [-0.4, -0.2) is 34.6 Å². The van der Waals surface area contributed by atoms with Crippen LogP contribution in [0.15, 0.2) is 30.8 Å². The average Bonchev–Trinajstić information content (AvgIpc) is 2.44. The van der Waals surface area contributed by atoms with Crippen LogP contribution in [0.4, 0.5) is 4.79 Å². The molecule has 1 rings (SSSR count). The van der Waals surface area contributed by atoms with Gasteiger partial charge in [0.15, 0.2) is 0 Å². The summed E-state index contributed by atoms with van der Waals surface area (Å²) in [6, 6.07) is 7.16. The second-order valence-corrected chi connectivity index (χ2v) is 6.10. The lowest BCUT2D eigenvalue weighted by atomic mass is 10.00. The highest BCUT2D eigenvalue weighted by Gasteiger charge is 2.20. The standard InChI is InChI=1S/C17H25NO4/c1-5-12-7-6-8-13(11-12)15(20)14(19)9-10-18-16(21)22-17(2,3)4/h5-8,11,14-15,19-20H,1,9-10H2,2-4H3,(H,18,21). The molecule has 5 nitrogen and oxygen atoms in total. The van der Waals surface area contributed by atoms with E-state index in [-0.39, 0.29) is 13.0 Å². The molecule has 2 unspecified atom stereocenters. The fourth-order valence-corrected chi connectivity index (χ4v) is 1.89. The van der Waals surface area contributed by atoms with E-state index in [0.717, 1.165) is 5.56 Å². The van der Waals surface area contributed by atoms with Crippen molar-refractivity contribution < 1.29 is 19.7 Å². The third-order valence-electron chi connectivity index (χ3n) is 2.96. The van der Waals surface area contributed by atoms with Crippen LogP contribution in [0.3, 0.4) is 0 Å². The highest BCUT2D eigenvalue weighted by atomic mass is 16.6. The van der Waals surface area contributed by atoms with Gasteiger partial charge in [-0.25, -0.2) is 4.79 Å². The molecule has 1 aromatic rings. The van der Waals surface area contributed by atoms with Crippen LogP contribution < -0.4 is 5.32 Å². The van der Waals surface area contributed by atoms with Gasteiger partial charge in [-0.05, 0) is 44.4 Å². The highest BCUT2D eigenvalue weighted by molar-refractivity contribution is 5.67. The van der Waals surface area contributed by atoms with Crippen LogP contribution in [0.5, 0.6) is 0 Å². The van der Waals surface area contributed by atoms with Crippen molar-refractivity contribution in [1.82, 2.24) is 5.32 Å². The number of benzene rings is 1. The van der Waals surface area contributed by atoms with Crippen molar-refractivity contribution in [3.05, 3.63) is 42.0 Å². The quantitative estimate of drug-likeness (QED) is 0.755. The number of amides is 1. The number of nitrogens with one attached hydrogen (secondary N) is 1. The van der Waals surface area contributed by atoms with Gasteiger partial charge in [0.25, 0.3) is 0 Å².